The second-order valence-electron chi connectivity index (χ2n) is 4.58. The number of aliphatic hydroxyl groups excluding tert-OH is 1. The summed E-state index contributed by atoms with van der Waals surface area (Å²) in [7, 11) is 4.17. The summed E-state index contributed by atoms with van der Waals surface area (Å²) in [5, 5.41) is 12.6. The quantitative estimate of drug-likeness (QED) is 0.705. The van der Waals surface area contributed by atoms with Gasteiger partial charge in [-0.3, -0.25) is 0 Å². The van der Waals surface area contributed by atoms with Gasteiger partial charge in [0.15, 0.2) is 0 Å². The van der Waals surface area contributed by atoms with Crippen molar-refractivity contribution in [2.24, 2.45) is 0 Å². The molecule has 1 aliphatic rings. The molecule has 0 amide bonds. The van der Waals surface area contributed by atoms with Crippen molar-refractivity contribution < 1.29 is 5.11 Å². The van der Waals surface area contributed by atoms with Crippen molar-refractivity contribution in [1.29, 1.82) is 0 Å². The molecule has 1 aliphatic carbocycles. The Bertz CT molecular complexity index is 153. The molecule has 3 nitrogen and oxygen atoms in total. The molecule has 2 N–H and O–H groups in total. The van der Waals surface area contributed by atoms with E-state index in [1.54, 1.807) is 0 Å². The summed E-state index contributed by atoms with van der Waals surface area (Å²) in [6.45, 7) is 2.66. The molecular weight excluding hydrogens is 176 g/mol. The van der Waals surface area contributed by atoms with E-state index < -0.39 is 0 Å². The third kappa shape index (κ3) is 3.56. The molecular formula is C11H24N2O. The van der Waals surface area contributed by atoms with Crippen molar-refractivity contribution in [2.45, 2.75) is 50.8 Å². The van der Waals surface area contributed by atoms with Crippen LogP contribution in [0.25, 0.3) is 0 Å². The summed E-state index contributed by atoms with van der Waals surface area (Å²) in [6.07, 6.45) is 4.85. The van der Waals surface area contributed by atoms with Gasteiger partial charge in [-0.2, -0.15) is 0 Å². The SMILES string of the molecule is CNC1CCC(N(C)CC(C)O)CC1. The highest BCUT2D eigenvalue weighted by molar-refractivity contribution is 4.81. The second kappa shape index (κ2) is 5.69. The first-order chi connectivity index (χ1) is 6.63. The van der Waals surface area contributed by atoms with Crippen LogP contribution in [-0.4, -0.2) is 48.8 Å². The van der Waals surface area contributed by atoms with Gasteiger partial charge in [-0.25, -0.2) is 0 Å². The van der Waals surface area contributed by atoms with E-state index in [-0.39, 0.29) is 6.10 Å². The predicted molar refractivity (Wildman–Crippen MR) is 59.4 cm³/mol. The van der Waals surface area contributed by atoms with Crippen molar-refractivity contribution in [2.75, 3.05) is 20.6 Å². The van der Waals surface area contributed by atoms with E-state index in [0.29, 0.717) is 12.1 Å². The van der Waals surface area contributed by atoms with Crippen LogP contribution in [0, 0.1) is 0 Å². The summed E-state index contributed by atoms with van der Waals surface area (Å²) in [5.74, 6) is 0. The van der Waals surface area contributed by atoms with Gasteiger partial charge in [-0.1, -0.05) is 0 Å². The highest BCUT2D eigenvalue weighted by Gasteiger charge is 2.23. The zero-order chi connectivity index (χ0) is 10.6. The fourth-order valence-electron chi connectivity index (χ4n) is 2.37. The second-order valence-corrected chi connectivity index (χ2v) is 4.58. The van der Waals surface area contributed by atoms with Crippen LogP contribution in [0.5, 0.6) is 0 Å². The van der Waals surface area contributed by atoms with Crippen LogP contribution in [0.2, 0.25) is 0 Å². The third-order valence-electron chi connectivity index (χ3n) is 3.28. The molecule has 1 fully saturated rings. The van der Waals surface area contributed by atoms with E-state index in [2.05, 4.69) is 17.3 Å². The Labute approximate surface area is 87.5 Å². The summed E-state index contributed by atoms with van der Waals surface area (Å²) < 4.78 is 0. The minimum Gasteiger partial charge on any atom is -0.392 e. The van der Waals surface area contributed by atoms with Crippen molar-refractivity contribution in [3.8, 4) is 0 Å². The highest BCUT2D eigenvalue weighted by atomic mass is 16.3. The number of likely N-dealkylation sites (N-methyl/N-ethyl adjacent to an activating group) is 1. The lowest BCUT2D eigenvalue weighted by Crippen LogP contribution is -2.42. The normalized spacial score (nSPS) is 30.6. The maximum absolute atomic E-state index is 9.30. The van der Waals surface area contributed by atoms with Crippen LogP contribution < -0.4 is 5.32 Å². The molecule has 0 aromatic heterocycles. The van der Waals surface area contributed by atoms with Crippen LogP contribution in [0.4, 0.5) is 0 Å². The molecule has 1 saturated carbocycles. The van der Waals surface area contributed by atoms with Gasteiger partial charge in [-0.05, 0) is 46.7 Å². The molecule has 0 spiro atoms. The fraction of sp³-hybridized carbons (Fsp3) is 1.00. The molecule has 0 aromatic rings. The van der Waals surface area contributed by atoms with Crippen molar-refractivity contribution in [3.05, 3.63) is 0 Å². The molecule has 14 heavy (non-hydrogen) atoms. The van der Waals surface area contributed by atoms with Crippen molar-refractivity contribution in [1.82, 2.24) is 10.2 Å². The van der Waals surface area contributed by atoms with E-state index in [9.17, 15) is 5.11 Å². The zero-order valence-electron chi connectivity index (χ0n) is 9.66. The average molecular weight is 200 g/mol. The predicted octanol–water partition coefficient (Wildman–Crippen LogP) is 0.830. The number of rotatable bonds is 4. The summed E-state index contributed by atoms with van der Waals surface area (Å²) in [4.78, 5) is 2.30. The number of nitrogens with zero attached hydrogens (tertiary/aromatic N) is 1. The van der Waals surface area contributed by atoms with E-state index in [4.69, 9.17) is 0 Å². The summed E-state index contributed by atoms with van der Waals surface area (Å²) in [6, 6.07) is 1.39. The lowest BCUT2D eigenvalue weighted by atomic mass is 9.90. The van der Waals surface area contributed by atoms with Crippen molar-refractivity contribution >= 4 is 0 Å². The van der Waals surface area contributed by atoms with Gasteiger partial charge in [0.2, 0.25) is 0 Å². The Balaban J connectivity index is 2.26. The van der Waals surface area contributed by atoms with E-state index >= 15 is 0 Å². The van der Waals surface area contributed by atoms with Gasteiger partial charge in [0.05, 0.1) is 6.10 Å². The smallest absolute Gasteiger partial charge is 0.0639 e. The monoisotopic (exact) mass is 200 g/mol. The number of aliphatic hydroxyl groups is 1. The van der Waals surface area contributed by atoms with Gasteiger partial charge < -0.3 is 15.3 Å². The lowest BCUT2D eigenvalue weighted by Gasteiger charge is -2.35. The molecule has 1 atom stereocenters. The minimum absolute atomic E-state index is 0.206. The fourth-order valence-corrected chi connectivity index (χ4v) is 2.37. The first-order valence-corrected chi connectivity index (χ1v) is 5.69. The molecule has 0 bridgehead atoms. The molecule has 3 heteroatoms. The number of nitrogens with one attached hydrogen (secondary N) is 1. The lowest BCUT2D eigenvalue weighted by molar-refractivity contribution is 0.0982. The Hall–Kier alpha value is -0.120. The first-order valence-electron chi connectivity index (χ1n) is 5.69. The molecule has 0 radical (unpaired) electrons. The Morgan fingerprint density at radius 3 is 2.36 bits per heavy atom. The summed E-state index contributed by atoms with van der Waals surface area (Å²) in [5.41, 5.74) is 0. The molecule has 0 aromatic carbocycles. The van der Waals surface area contributed by atoms with Gasteiger partial charge in [-0.15, -0.1) is 0 Å². The highest BCUT2D eigenvalue weighted by Crippen LogP contribution is 2.22. The molecule has 0 heterocycles. The number of hydrogen-bond donors (Lipinski definition) is 2. The molecule has 1 unspecified atom stereocenters. The zero-order valence-corrected chi connectivity index (χ0v) is 9.66. The topological polar surface area (TPSA) is 35.5 Å². The largest absolute Gasteiger partial charge is 0.392 e. The van der Waals surface area contributed by atoms with Crippen molar-refractivity contribution in [3.63, 3.8) is 0 Å². The van der Waals surface area contributed by atoms with Gasteiger partial charge in [0.1, 0.15) is 0 Å². The van der Waals surface area contributed by atoms with Crippen LogP contribution >= 0.6 is 0 Å². The van der Waals surface area contributed by atoms with Crippen LogP contribution in [0.1, 0.15) is 32.6 Å². The first kappa shape index (κ1) is 12.0. The Kier molecular flexibility index (Phi) is 4.85. The summed E-state index contributed by atoms with van der Waals surface area (Å²) >= 11 is 0. The Morgan fingerprint density at radius 1 is 1.36 bits per heavy atom. The average Bonchev–Trinajstić information content (AvgIpc) is 2.17. The molecule has 84 valence electrons. The minimum atomic E-state index is -0.206. The molecule has 1 rings (SSSR count). The van der Waals surface area contributed by atoms with Crippen LogP contribution in [-0.2, 0) is 0 Å². The van der Waals surface area contributed by atoms with E-state index in [1.807, 2.05) is 14.0 Å². The maximum atomic E-state index is 9.30. The van der Waals surface area contributed by atoms with Crippen LogP contribution in [0.3, 0.4) is 0 Å². The van der Waals surface area contributed by atoms with Gasteiger partial charge >= 0.3 is 0 Å². The van der Waals surface area contributed by atoms with Crippen LogP contribution in [0.15, 0.2) is 0 Å². The van der Waals surface area contributed by atoms with E-state index in [1.165, 1.54) is 25.7 Å². The van der Waals surface area contributed by atoms with Gasteiger partial charge in [0.25, 0.3) is 0 Å². The third-order valence-corrected chi connectivity index (χ3v) is 3.28. The standard InChI is InChI=1S/C11H24N2O/c1-9(14)8-13(3)11-6-4-10(12-2)5-7-11/h9-12,14H,4-8H2,1-3H3. The maximum Gasteiger partial charge on any atom is 0.0639 e. The number of hydrogen-bond acceptors (Lipinski definition) is 3. The molecule has 0 saturated heterocycles. The van der Waals surface area contributed by atoms with Gasteiger partial charge in [0, 0.05) is 18.6 Å². The van der Waals surface area contributed by atoms with E-state index in [0.717, 1.165) is 6.54 Å². The molecule has 0 aliphatic heterocycles. The Morgan fingerprint density at radius 2 is 1.93 bits per heavy atom.